The van der Waals surface area contributed by atoms with E-state index in [0.717, 1.165) is 17.5 Å². The maximum Gasteiger partial charge on any atom is 0.269 e. The monoisotopic (exact) mass is 457 g/mol. The van der Waals surface area contributed by atoms with Crippen LogP contribution in [0.5, 0.6) is 0 Å². The van der Waals surface area contributed by atoms with Crippen molar-refractivity contribution in [3.05, 3.63) is 75.8 Å². The van der Waals surface area contributed by atoms with E-state index in [0.29, 0.717) is 31.7 Å². The van der Waals surface area contributed by atoms with Crippen LogP contribution >= 0.6 is 11.8 Å². The Hall–Kier alpha value is -2.87. The smallest absolute Gasteiger partial charge is 0.269 e. The van der Waals surface area contributed by atoms with Crippen molar-refractivity contribution in [3.8, 4) is 0 Å². The highest BCUT2D eigenvalue weighted by molar-refractivity contribution is 7.99. The van der Waals surface area contributed by atoms with Gasteiger partial charge in [-0.1, -0.05) is 56.3 Å². The van der Waals surface area contributed by atoms with Gasteiger partial charge in [0.2, 0.25) is 11.8 Å². The minimum atomic E-state index is -0.502. The highest BCUT2D eigenvalue weighted by Gasteiger charge is 2.27. The van der Waals surface area contributed by atoms with Gasteiger partial charge in [-0.05, 0) is 30.4 Å². The molecule has 0 radical (unpaired) electrons. The first-order valence-electron chi connectivity index (χ1n) is 10.9. The predicted molar refractivity (Wildman–Crippen MR) is 128 cm³/mol. The third-order valence-electron chi connectivity index (χ3n) is 5.06. The molecule has 0 unspecified atom stereocenters. The highest BCUT2D eigenvalue weighted by atomic mass is 32.2. The van der Waals surface area contributed by atoms with Crippen LogP contribution in [0.3, 0.4) is 0 Å². The molecule has 2 aromatic rings. The minimum Gasteiger partial charge on any atom is -0.354 e. The summed E-state index contributed by atoms with van der Waals surface area (Å²) in [4.78, 5) is 37.9. The van der Waals surface area contributed by atoms with Gasteiger partial charge in [0, 0.05) is 31.0 Å². The zero-order chi connectivity index (χ0) is 23.3. The zero-order valence-electron chi connectivity index (χ0n) is 18.7. The van der Waals surface area contributed by atoms with Crippen LogP contribution in [0.25, 0.3) is 0 Å². The van der Waals surface area contributed by atoms with Gasteiger partial charge in [0.25, 0.3) is 5.69 Å². The number of nitrogens with zero attached hydrogens (tertiary/aromatic N) is 2. The molecule has 0 spiro atoms. The first kappa shape index (κ1) is 25.4. The Morgan fingerprint density at radius 2 is 1.75 bits per heavy atom. The quantitative estimate of drug-likeness (QED) is 0.359. The normalized spacial score (nSPS) is 11.6. The van der Waals surface area contributed by atoms with Crippen molar-refractivity contribution in [2.75, 3.05) is 18.8 Å². The fourth-order valence-electron chi connectivity index (χ4n) is 3.31. The molecule has 2 rings (SSSR count). The Morgan fingerprint density at radius 1 is 1.06 bits per heavy atom. The minimum absolute atomic E-state index is 0.0470. The van der Waals surface area contributed by atoms with Crippen LogP contribution in [-0.2, 0) is 21.8 Å². The molecule has 172 valence electrons. The van der Waals surface area contributed by atoms with Gasteiger partial charge in [0.15, 0.2) is 0 Å². The second-order valence-electron chi connectivity index (χ2n) is 7.45. The Bertz CT molecular complexity index is 875. The maximum atomic E-state index is 13.1. The van der Waals surface area contributed by atoms with E-state index in [-0.39, 0.29) is 23.3 Å². The Balaban J connectivity index is 2.02. The van der Waals surface area contributed by atoms with Crippen LogP contribution in [0, 0.1) is 10.1 Å². The lowest BCUT2D eigenvalue weighted by molar-refractivity contribution is -0.384. The number of nitro benzene ring substituents is 1. The largest absolute Gasteiger partial charge is 0.354 e. The number of rotatable bonds is 13. The van der Waals surface area contributed by atoms with E-state index in [9.17, 15) is 19.7 Å². The van der Waals surface area contributed by atoms with Crippen molar-refractivity contribution in [3.63, 3.8) is 0 Å². The molecule has 2 amide bonds. The van der Waals surface area contributed by atoms with Gasteiger partial charge >= 0.3 is 0 Å². The van der Waals surface area contributed by atoms with Crippen molar-refractivity contribution in [2.45, 2.75) is 44.9 Å². The molecule has 8 heteroatoms. The second-order valence-corrected chi connectivity index (χ2v) is 8.44. The van der Waals surface area contributed by atoms with Crippen molar-refractivity contribution in [1.29, 1.82) is 0 Å². The number of carbonyl (C=O) groups excluding carboxylic acids is 2. The maximum absolute atomic E-state index is 13.1. The molecular formula is C24H31N3O4S. The number of thioether (sulfide) groups is 1. The Kier molecular flexibility index (Phi) is 10.7. The molecule has 7 nitrogen and oxygen atoms in total. The summed E-state index contributed by atoms with van der Waals surface area (Å²) in [6, 6.07) is 15.8. The molecule has 0 bridgehead atoms. The molecule has 0 aliphatic rings. The summed E-state index contributed by atoms with van der Waals surface area (Å²) in [5.41, 5.74) is 2.08. The van der Waals surface area contributed by atoms with Gasteiger partial charge in [-0.2, -0.15) is 0 Å². The number of benzene rings is 2. The fraction of sp³-hybridized carbons (Fsp3) is 0.417. The molecule has 1 atom stereocenters. The number of carbonyl (C=O) groups is 2. The lowest BCUT2D eigenvalue weighted by atomic mass is 10.1. The number of nitrogens with one attached hydrogen (secondary N) is 1. The summed E-state index contributed by atoms with van der Waals surface area (Å²) >= 11 is 1.44. The topological polar surface area (TPSA) is 92.6 Å². The van der Waals surface area contributed by atoms with Gasteiger partial charge in [-0.3, -0.25) is 19.7 Å². The van der Waals surface area contributed by atoms with Gasteiger partial charge in [-0.15, -0.1) is 11.8 Å². The summed E-state index contributed by atoms with van der Waals surface area (Å²) in [6.07, 6.45) is 2.06. The second kappa shape index (κ2) is 13.5. The van der Waals surface area contributed by atoms with E-state index in [1.807, 2.05) is 44.2 Å². The molecule has 0 aliphatic carbocycles. The van der Waals surface area contributed by atoms with E-state index in [4.69, 9.17) is 0 Å². The van der Waals surface area contributed by atoms with Gasteiger partial charge < -0.3 is 10.2 Å². The summed E-state index contributed by atoms with van der Waals surface area (Å²) in [7, 11) is 0. The first-order valence-corrected chi connectivity index (χ1v) is 12.0. The number of nitro groups is 1. The first-order chi connectivity index (χ1) is 15.5. The van der Waals surface area contributed by atoms with E-state index < -0.39 is 11.0 Å². The average molecular weight is 458 g/mol. The van der Waals surface area contributed by atoms with Crippen LogP contribution in [0.1, 0.15) is 37.8 Å². The average Bonchev–Trinajstić information content (AvgIpc) is 2.81. The van der Waals surface area contributed by atoms with E-state index in [2.05, 4.69) is 5.32 Å². The molecule has 0 aromatic heterocycles. The van der Waals surface area contributed by atoms with E-state index in [1.54, 1.807) is 17.0 Å². The molecular weight excluding hydrogens is 426 g/mol. The number of amides is 2. The van der Waals surface area contributed by atoms with Crippen molar-refractivity contribution in [2.24, 2.45) is 0 Å². The molecule has 2 aromatic carbocycles. The third-order valence-corrected chi connectivity index (χ3v) is 6.05. The molecule has 0 heterocycles. The van der Waals surface area contributed by atoms with Crippen molar-refractivity contribution in [1.82, 2.24) is 10.2 Å². The van der Waals surface area contributed by atoms with Gasteiger partial charge in [-0.25, -0.2) is 0 Å². The van der Waals surface area contributed by atoms with Crippen LogP contribution in [0.15, 0.2) is 54.6 Å². The van der Waals surface area contributed by atoms with Crippen LogP contribution in [0.4, 0.5) is 5.69 Å². The molecule has 0 fully saturated rings. The molecule has 1 N–H and O–H groups in total. The van der Waals surface area contributed by atoms with E-state index >= 15 is 0 Å². The summed E-state index contributed by atoms with van der Waals surface area (Å²) in [6.45, 7) is 4.97. The Labute approximate surface area is 193 Å². The van der Waals surface area contributed by atoms with Gasteiger partial charge in [0.1, 0.15) is 6.04 Å². The lowest BCUT2D eigenvalue weighted by Gasteiger charge is -2.30. The van der Waals surface area contributed by atoms with Crippen LogP contribution in [-0.4, -0.2) is 46.5 Å². The lowest BCUT2D eigenvalue weighted by Crippen LogP contribution is -2.50. The number of hydrogen-bond donors (Lipinski definition) is 1. The van der Waals surface area contributed by atoms with Crippen molar-refractivity contribution < 1.29 is 14.5 Å². The van der Waals surface area contributed by atoms with Crippen LogP contribution in [0.2, 0.25) is 0 Å². The number of hydrogen-bond acceptors (Lipinski definition) is 5. The van der Waals surface area contributed by atoms with Crippen molar-refractivity contribution >= 4 is 29.3 Å². The predicted octanol–water partition coefficient (Wildman–Crippen LogP) is 4.20. The third kappa shape index (κ3) is 8.00. The van der Waals surface area contributed by atoms with Gasteiger partial charge in [0.05, 0.1) is 10.7 Å². The zero-order valence-corrected chi connectivity index (χ0v) is 19.5. The number of non-ortho nitro benzene ring substituents is 1. The molecule has 0 saturated heterocycles. The summed E-state index contributed by atoms with van der Waals surface area (Å²) in [5.74, 6) is 0.612. The molecule has 32 heavy (non-hydrogen) atoms. The van der Waals surface area contributed by atoms with Crippen LogP contribution < -0.4 is 5.32 Å². The Morgan fingerprint density at radius 3 is 2.34 bits per heavy atom. The summed E-state index contributed by atoms with van der Waals surface area (Å²) < 4.78 is 0. The highest BCUT2D eigenvalue weighted by Crippen LogP contribution is 2.18. The molecule has 0 saturated carbocycles. The summed E-state index contributed by atoms with van der Waals surface area (Å²) in [5, 5.41) is 13.7. The van der Waals surface area contributed by atoms with E-state index in [1.165, 1.54) is 23.9 Å². The molecule has 0 aliphatic heterocycles. The fourth-order valence-corrected chi connectivity index (χ4v) is 4.19. The standard InChI is InChI=1S/C24H31N3O4S/c1-3-15-25-24(29)22(4-2)26(16-14-19-8-6-5-7-9-19)23(28)18-32-17-20-10-12-21(13-11-20)27(30)31/h5-13,22H,3-4,14-18H2,1-2H3,(H,25,29)/t22-/m0/s1. The SMILES string of the molecule is CCCNC(=O)[C@H](CC)N(CCc1ccccc1)C(=O)CSCc1ccc([N+](=O)[O-])cc1.